The Morgan fingerprint density at radius 2 is 1.54 bits per heavy atom. The Balaban J connectivity index is 1.90. The fourth-order valence-corrected chi connectivity index (χ4v) is 4.05. The van der Waals surface area contributed by atoms with Gasteiger partial charge in [0, 0.05) is 10.7 Å². The van der Waals surface area contributed by atoms with Gasteiger partial charge in [0.05, 0.1) is 10.6 Å². The quantitative estimate of drug-likeness (QED) is 0.648. The van der Waals surface area contributed by atoms with Gasteiger partial charge < -0.3 is 5.32 Å². The summed E-state index contributed by atoms with van der Waals surface area (Å²) in [6.07, 6.45) is 0. The standard InChI is InChI=1S/C20H16ClFN2O3S/c21-15-6-10-17(11-7-15)23-20(25)14-24(18-4-2-1-3-5-18)28(26,27)19-12-8-16(22)9-13-19/h1-13H,14H2,(H,23,25). The molecular weight excluding hydrogens is 403 g/mol. The van der Waals surface area contributed by atoms with Crippen LogP contribution in [-0.2, 0) is 14.8 Å². The normalized spacial score (nSPS) is 11.1. The summed E-state index contributed by atoms with van der Waals surface area (Å²) in [7, 11) is -4.08. The van der Waals surface area contributed by atoms with Gasteiger partial charge in [-0.2, -0.15) is 0 Å². The van der Waals surface area contributed by atoms with Crippen molar-refractivity contribution in [3.05, 3.63) is 89.7 Å². The summed E-state index contributed by atoms with van der Waals surface area (Å²) < 4.78 is 40.3. The van der Waals surface area contributed by atoms with E-state index < -0.39 is 28.3 Å². The van der Waals surface area contributed by atoms with Crippen LogP contribution in [0.25, 0.3) is 0 Å². The largest absolute Gasteiger partial charge is 0.325 e. The Hall–Kier alpha value is -2.90. The number of carbonyl (C=O) groups is 1. The first-order valence-corrected chi connectivity index (χ1v) is 10.1. The second-order valence-electron chi connectivity index (χ2n) is 5.86. The van der Waals surface area contributed by atoms with Crippen LogP contribution in [0.1, 0.15) is 0 Å². The lowest BCUT2D eigenvalue weighted by Crippen LogP contribution is -2.38. The van der Waals surface area contributed by atoms with Gasteiger partial charge in [-0.3, -0.25) is 9.10 Å². The molecule has 1 N–H and O–H groups in total. The molecule has 8 heteroatoms. The Kier molecular flexibility index (Phi) is 5.96. The van der Waals surface area contributed by atoms with Crippen molar-refractivity contribution in [2.75, 3.05) is 16.2 Å². The Morgan fingerprint density at radius 3 is 2.14 bits per heavy atom. The van der Waals surface area contributed by atoms with Gasteiger partial charge in [0.15, 0.2) is 0 Å². The minimum absolute atomic E-state index is 0.114. The summed E-state index contributed by atoms with van der Waals surface area (Å²) in [5.41, 5.74) is 0.805. The Bertz CT molecular complexity index is 1060. The number of para-hydroxylation sites is 1. The van der Waals surface area contributed by atoms with Gasteiger partial charge in [-0.1, -0.05) is 29.8 Å². The summed E-state index contributed by atoms with van der Waals surface area (Å²) >= 11 is 5.82. The second kappa shape index (κ2) is 8.41. The second-order valence-corrected chi connectivity index (χ2v) is 8.15. The first-order chi connectivity index (χ1) is 13.4. The molecule has 1 amide bonds. The van der Waals surface area contributed by atoms with Crippen molar-refractivity contribution in [1.29, 1.82) is 0 Å². The number of hydrogen-bond donors (Lipinski definition) is 1. The zero-order chi connectivity index (χ0) is 20.1. The fourth-order valence-electron chi connectivity index (χ4n) is 2.51. The molecule has 0 aliphatic carbocycles. The maximum absolute atomic E-state index is 13.2. The van der Waals surface area contributed by atoms with Gasteiger partial charge in [-0.15, -0.1) is 0 Å². The van der Waals surface area contributed by atoms with Crippen LogP contribution in [0.3, 0.4) is 0 Å². The van der Waals surface area contributed by atoms with Crippen LogP contribution in [0, 0.1) is 5.82 Å². The van der Waals surface area contributed by atoms with Gasteiger partial charge in [-0.05, 0) is 60.7 Å². The third-order valence-electron chi connectivity index (χ3n) is 3.86. The lowest BCUT2D eigenvalue weighted by Gasteiger charge is -2.24. The number of hydrogen-bond acceptors (Lipinski definition) is 3. The van der Waals surface area contributed by atoms with Crippen LogP contribution in [0.5, 0.6) is 0 Å². The summed E-state index contributed by atoms with van der Waals surface area (Å²) in [6.45, 7) is -0.452. The van der Waals surface area contributed by atoms with E-state index in [1.54, 1.807) is 54.6 Å². The molecule has 0 spiro atoms. The van der Waals surface area contributed by atoms with E-state index in [1.165, 1.54) is 0 Å². The minimum Gasteiger partial charge on any atom is -0.325 e. The van der Waals surface area contributed by atoms with E-state index in [-0.39, 0.29) is 4.90 Å². The average molecular weight is 419 g/mol. The predicted octanol–water partition coefficient (Wildman–Crippen LogP) is 4.31. The zero-order valence-electron chi connectivity index (χ0n) is 14.5. The van der Waals surface area contributed by atoms with E-state index in [1.807, 2.05) is 0 Å². The van der Waals surface area contributed by atoms with Crippen LogP contribution in [0.15, 0.2) is 83.8 Å². The van der Waals surface area contributed by atoms with E-state index in [4.69, 9.17) is 11.6 Å². The van der Waals surface area contributed by atoms with E-state index in [2.05, 4.69) is 5.32 Å². The Labute approximate surface area is 167 Å². The highest BCUT2D eigenvalue weighted by atomic mass is 35.5. The number of rotatable bonds is 6. The molecule has 0 fully saturated rings. The number of anilines is 2. The van der Waals surface area contributed by atoms with Gasteiger partial charge in [0.2, 0.25) is 5.91 Å². The number of halogens is 2. The van der Waals surface area contributed by atoms with Crippen LogP contribution >= 0.6 is 11.6 Å². The summed E-state index contributed by atoms with van der Waals surface area (Å²) in [5.74, 6) is -1.08. The molecule has 0 aromatic heterocycles. The lowest BCUT2D eigenvalue weighted by molar-refractivity contribution is -0.114. The van der Waals surface area contributed by atoms with Crippen molar-refractivity contribution >= 4 is 38.9 Å². The SMILES string of the molecule is O=C(CN(c1ccccc1)S(=O)(=O)c1ccc(F)cc1)Nc1ccc(Cl)cc1. The highest BCUT2D eigenvalue weighted by Gasteiger charge is 2.27. The van der Waals surface area contributed by atoms with Crippen LogP contribution in [-0.4, -0.2) is 20.9 Å². The molecule has 0 unspecified atom stereocenters. The molecule has 0 bridgehead atoms. The summed E-state index contributed by atoms with van der Waals surface area (Å²) in [5, 5.41) is 3.15. The number of amides is 1. The first-order valence-electron chi connectivity index (χ1n) is 8.25. The predicted molar refractivity (Wildman–Crippen MR) is 107 cm³/mol. The Morgan fingerprint density at radius 1 is 0.929 bits per heavy atom. The molecule has 0 aliphatic heterocycles. The number of carbonyl (C=O) groups excluding carboxylic acids is 1. The van der Waals surface area contributed by atoms with E-state index >= 15 is 0 Å². The zero-order valence-corrected chi connectivity index (χ0v) is 16.1. The third kappa shape index (κ3) is 4.68. The fraction of sp³-hybridized carbons (Fsp3) is 0.0500. The van der Waals surface area contributed by atoms with Crippen LogP contribution < -0.4 is 9.62 Å². The highest BCUT2D eigenvalue weighted by molar-refractivity contribution is 7.92. The number of nitrogens with zero attached hydrogens (tertiary/aromatic N) is 1. The molecule has 0 radical (unpaired) electrons. The monoisotopic (exact) mass is 418 g/mol. The molecule has 0 saturated carbocycles. The summed E-state index contributed by atoms with van der Waals surface area (Å²) in [4.78, 5) is 12.4. The van der Waals surface area contributed by atoms with Crippen LogP contribution in [0.4, 0.5) is 15.8 Å². The smallest absolute Gasteiger partial charge is 0.264 e. The highest BCUT2D eigenvalue weighted by Crippen LogP contribution is 2.24. The molecule has 0 saturated heterocycles. The molecule has 144 valence electrons. The van der Waals surface area contributed by atoms with Crippen molar-refractivity contribution in [1.82, 2.24) is 0 Å². The van der Waals surface area contributed by atoms with E-state index in [9.17, 15) is 17.6 Å². The minimum atomic E-state index is -4.08. The molecular formula is C20H16ClFN2O3S. The lowest BCUT2D eigenvalue weighted by atomic mass is 10.3. The van der Waals surface area contributed by atoms with Crippen molar-refractivity contribution in [3.63, 3.8) is 0 Å². The maximum Gasteiger partial charge on any atom is 0.264 e. The van der Waals surface area contributed by atoms with E-state index in [0.29, 0.717) is 16.4 Å². The molecule has 3 aromatic rings. The van der Waals surface area contributed by atoms with Gasteiger partial charge in [0.25, 0.3) is 10.0 Å². The number of nitrogens with one attached hydrogen (secondary N) is 1. The van der Waals surface area contributed by atoms with Crippen LogP contribution in [0.2, 0.25) is 5.02 Å². The van der Waals surface area contributed by atoms with Crippen molar-refractivity contribution in [2.24, 2.45) is 0 Å². The average Bonchev–Trinajstić information content (AvgIpc) is 2.69. The number of benzene rings is 3. The van der Waals surface area contributed by atoms with Gasteiger partial charge in [0.1, 0.15) is 12.4 Å². The molecule has 5 nitrogen and oxygen atoms in total. The molecule has 28 heavy (non-hydrogen) atoms. The molecule has 3 rings (SSSR count). The topological polar surface area (TPSA) is 66.5 Å². The molecule has 3 aromatic carbocycles. The van der Waals surface area contributed by atoms with Gasteiger partial charge >= 0.3 is 0 Å². The molecule has 0 aliphatic rings. The molecule has 0 atom stereocenters. The summed E-state index contributed by atoms with van der Waals surface area (Å²) in [6, 6.07) is 19.1. The third-order valence-corrected chi connectivity index (χ3v) is 5.90. The molecule has 0 heterocycles. The van der Waals surface area contributed by atoms with Gasteiger partial charge in [-0.25, -0.2) is 12.8 Å². The van der Waals surface area contributed by atoms with Crippen molar-refractivity contribution in [3.8, 4) is 0 Å². The maximum atomic E-state index is 13.2. The number of sulfonamides is 1. The first kappa shape index (κ1) is 19.9. The van der Waals surface area contributed by atoms with Crippen molar-refractivity contribution in [2.45, 2.75) is 4.90 Å². The van der Waals surface area contributed by atoms with Crippen molar-refractivity contribution < 1.29 is 17.6 Å². The van der Waals surface area contributed by atoms with E-state index in [0.717, 1.165) is 28.6 Å².